The van der Waals surface area contributed by atoms with E-state index in [1.54, 1.807) is 18.2 Å². The van der Waals surface area contributed by atoms with Crippen molar-refractivity contribution in [1.29, 1.82) is 0 Å². The van der Waals surface area contributed by atoms with E-state index in [9.17, 15) is 4.57 Å². The van der Waals surface area contributed by atoms with Crippen LogP contribution in [0.25, 0.3) is 0 Å². The fraction of sp³-hybridized carbons (Fsp3) is 0.625. The van der Waals surface area contributed by atoms with Crippen molar-refractivity contribution >= 4 is 7.60 Å². The Kier molecular flexibility index (Phi) is 7.77. The fourth-order valence-corrected chi connectivity index (χ4v) is 3.76. The summed E-state index contributed by atoms with van der Waals surface area (Å²) in [6, 6.07) is 5.27. The second-order valence-electron chi connectivity index (χ2n) is 5.46. The molecule has 0 aromatic heterocycles. The second kappa shape index (κ2) is 9.06. The van der Waals surface area contributed by atoms with Gasteiger partial charge in [0.15, 0.2) is 11.5 Å². The van der Waals surface area contributed by atoms with Gasteiger partial charge in [-0.1, -0.05) is 33.3 Å². The van der Waals surface area contributed by atoms with Crippen LogP contribution < -0.4 is 14.0 Å². The first-order chi connectivity index (χ1) is 10.5. The van der Waals surface area contributed by atoms with Crippen LogP contribution in [0, 0.1) is 5.92 Å². The molecule has 0 amide bonds. The molecule has 0 spiro atoms. The van der Waals surface area contributed by atoms with Crippen molar-refractivity contribution < 1.29 is 23.1 Å². The van der Waals surface area contributed by atoms with Gasteiger partial charge in [-0.15, -0.1) is 0 Å². The summed E-state index contributed by atoms with van der Waals surface area (Å²) in [6.07, 6.45) is 2.06. The van der Waals surface area contributed by atoms with Gasteiger partial charge in [0.1, 0.15) is 0 Å². The van der Waals surface area contributed by atoms with Crippen molar-refractivity contribution in [2.75, 3.05) is 27.0 Å². The molecule has 5 nitrogen and oxygen atoms in total. The molecule has 1 aromatic rings. The third-order valence-corrected chi connectivity index (χ3v) is 4.87. The molecule has 0 N–H and O–H groups in total. The molecular weight excluding hydrogens is 303 g/mol. The van der Waals surface area contributed by atoms with Crippen LogP contribution in [0.5, 0.6) is 17.2 Å². The van der Waals surface area contributed by atoms with E-state index in [4.69, 9.17) is 18.5 Å². The molecule has 0 saturated carbocycles. The van der Waals surface area contributed by atoms with Gasteiger partial charge < -0.3 is 14.0 Å². The molecule has 0 aliphatic heterocycles. The van der Waals surface area contributed by atoms with Gasteiger partial charge in [0.2, 0.25) is 5.75 Å². The molecule has 0 aliphatic carbocycles. The highest BCUT2D eigenvalue weighted by atomic mass is 31.2. The molecule has 1 unspecified atom stereocenters. The van der Waals surface area contributed by atoms with Crippen LogP contribution in [-0.2, 0) is 9.09 Å². The van der Waals surface area contributed by atoms with Gasteiger partial charge in [0, 0.05) is 0 Å². The van der Waals surface area contributed by atoms with E-state index in [0.29, 0.717) is 30.0 Å². The average molecular weight is 330 g/mol. The fourth-order valence-electron chi connectivity index (χ4n) is 1.80. The van der Waals surface area contributed by atoms with Crippen LogP contribution in [0.2, 0.25) is 0 Å². The number of benzene rings is 1. The number of hydrogen-bond acceptors (Lipinski definition) is 5. The Morgan fingerprint density at radius 2 is 1.73 bits per heavy atom. The van der Waals surface area contributed by atoms with E-state index in [1.165, 1.54) is 14.2 Å². The summed E-state index contributed by atoms with van der Waals surface area (Å²) in [5, 5.41) is 0. The largest absolute Gasteiger partial charge is 0.493 e. The molecule has 0 radical (unpaired) electrons. The lowest BCUT2D eigenvalue weighted by molar-refractivity contribution is 0.228. The van der Waals surface area contributed by atoms with Gasteiger partial charge in [-0.25, -0.2) is 4.57 Å². The summed E-state index contributed by atoms with van der Waals surface area (Å²) in [7, 11) is -0.181. The maximum absolute atomic E-state index is 13.0. The van der Waals surface area contributed by atoms with Gasteiger partial charge in [-0.05, 0) is 24.5 Å². The van der Waals surface area contributed by atoms with Gasteiger partial charge in [0.05, 0.1) is 27.0 Å². The average Bonchev–Trinajstić information content (AvgIpc) is 2.51. The van der Waals surface area contributed by atoms with Gasteiger partial charge in [0.25, 0.3) is 0 Å². The number of para-hydroxylation sites is 1. The van der Waals surface area contributed by atoms with E-state index < -0.39 is 7.60 Å². The predicted octanol–water partition coefficient (Wildman–Crippen LogP) is 4.75. The van der Waals surface area contributed by atoms with E-state index in [-0.39, 0.29) is 5.92 Å². The minimum Gasteiger partial charge on any atom is -0.493 e. The highest BCUT2D eigenvalue weighted by Crippen LogP contribution is 2.53. The lowest BCUT2D eigenvalue weighted by Gasteiger charge is -2.22. The smallest absolute Gasteiger partial charge is 0.379 e. The number of methoxy groups -OCH3 is 2. The van der Waals surface area contributed by atoms with Crippen molar-refractivity contribution in [2.24, 2.45) is 5.92 Å². The highest BCUT2D eigenvalue weighted by Gasteiger charge is 2.29. The monoisotopic (exact) mass is 330 g/mol. The Bertz CT molecular complexity index is 479. The van der Waals surface area contributed by atoms with Gasteiger partial charge >= 0.3 is 7.60 Å². The Morgan fingerprint density at radius 1 is 1.14 bits per heavy atom. The summed E-state index contributed by atoms with van der Waals surface area (Å²) in [4.78, 5) is 0. The third-order valence-electron chi connectivity index (χ3n) is 3.00. The van der Waals surface area contributed by atoms with E-state index >= 15 is 0 Å². The van der Waals surface area contributed by atoms with Crippen LogP contribution in [0.4, 0.5) is 0 Å². The summed E-state index contributed by atoms with van der Waals surface area (Å²) in [6.45, 7) is 6.44. The molecule has 0 saturated heterocycles. The van der Waals surface area contributed by atoms with Gasteiger partial charge in [-0.3, -0.25) is 4.52 Å². The molecule has 0 heterocycles. The minimum atomic E-state index is -3.25. The standard InChI is InChI=1S/C16H27O5P/c1-6-7-11-22(17,20-12-13(2)3)21-16-14(18-4)9-8-10-15(16)19-5/h8-10,13H,6-7,11-12H2,1-5H3. The van der Waals surface area contributed by atoms with Crippen molar-refractivity contribution in [3.63, 3.8) is 0 Å². The third kappa shape index (κ3) is 5.54. The molecule has 1 rings (SSSR count). The molecule has 0 aliphatic rings. The molecule has 22 heavy (non-hydrogen) atoms. The maximum Gasteiger partial charge on any atom is 0.379 e. The van der Waals surface area contributed by atoms with Crippen LogP contribution in [0.15, 0.2) is 18.2 Å². The number of rotatable bonds is 10. The second-order valence-corrected chi connectivity index (χ2v) is 7.57. The maximum atomic E-state index is 13.0. The Hall–Kier alpha value is -1.19. The van der Waals surface area contributed by atoms with Crippen molar-refractivity contribution in [2.45, 2.75) is 33.6 Å². The lowest BCUT2D eigenvalue weighted by Crippen LogP contribution is -2.08. The van der Waals surface area contributed by atoms with Crippen molar-refractivity contribution in [1.82, 2.24) is 0 Å². The van der Waals surface area contributed by atoms with Crippen molar-refractivity contribution in [3.8, 4) is 17.2 Å². The van der Waals surface area contributed by atoms with E-state index in [1.807, 2.05) is 20.8 Å². The Morgan fingerprint density at radius 3 is 2.18 bits per heavy atom. The van der Waals surface area contributed by atoms with E-state index in [2.05, 4.69) is 0 Å². The van der Waals surface area contributed by atoms with Crippen LogP contribution in [0.3, 0.4) is 0 Å². The highest BCUT2D eigenvalue weighted by molar-refractivity contribution is 7.54. The summed E-state index contributed by atoms with van der Waals surface area (Å²) in [5.74, 6) is 1.56. The first-order valence-electron chi connectivity index (χ1n) is 7.60. The summed E-state index contributed by atoms with van der Waals surface area (Å²) in [5.41, 5.74) is 0. The first kappa shape index (κ1) is 18.9. The molecule has 1 aromatic carbocycles. The SMILES string of the molecule is CCCCP(=O)(OCC(C)C)Oc1c(OC)cccc1OC. The number of ether oxygens (including phenoxy) is 2. The Labute approximate surface area is 133 Å². The topological polar surface area (TPSA) is 54.0 Å². The molecular formula is C16H27O5P. The first-order valence-corrected chi connectivity index (χ1v) is 9.32. The predicted molar refractivity (Wildman–Crippen MR) is 88.3 cm³/mol. The molecule has 6 heteroatoms. The molecule has 1 atom stereocenters. The zero-order chi connectivity index (χ0) is 16.6. The molecule has 0 fully saturated rings. The van der Waals surface area contributed by atoms with Crippen LogP contribution >= 0.6 is 7.60 Å². The number of hydrogen-bond donors (Lipinski definition) is 0. The normalized spacial score (nSPS) is 13.7. The van der Waals surface area contributed by atoms with E-state index in [0.717, 1.165) is 12.8 Å². The quantitative estimate of drug-likeness (QED) is 0.580. The van der Waals surface area contributed by atoms with Crippen molar-refractivity contribution in [3.05, 3.63) is 18.2 Å². The summed E-state index contributed by atoms with van der Waals surface area (Å²) < 4.78 is 35.0. The lowest BCUT2D eigenvalue weighted by atomic mass is 10.2. The molecule has 0 bridgehead atoms. The summed E-state index contributed by atoms with van der Waals surface area (Å²) >= 11 is 0. The zero-order valence-electron chi connectivity index (χ0n) is 14.1. The minimum absolute atomic E-state index is 0.276. The zero-order valence-corrected chi connectivity index (χ0v) is 15.0. The molecule has 126 valence electrons. The number of unbranched alkanes of at least 4 members (excludes halogenated alkanes) is 1. The van der Waals surface area contributed by atoms with Crippen LogP contribution in [-0.4, -0.2) is 27.0 Å². The van der Waals surface area contributed by atoms with Gasteiger partial charge in [-0.2, -0.15) is 0 Å². The Balaban J connectivity index is 3.05. The van der Waals surface area contributed by atoms with Crippen LogP contribution in [0.1, 0.15) is 33.6 Å².